The van der Waals surface area contributed by atoms with Gasteiger partial charge in [-0.2, -0.15) is 0 Å². The van der Waals surface area contributed by atoms with Crippen molar-refractivity contribution in [3.8, 4) is 0 Å². The molecule has 0 saturated heterocycles. The summed E-state index contributed by atoms with van der Waals surface area (Å²) in [6.45, 7) is 4.75. The average molecular weight is 1070 g/mol. The molecule has 0 aromatic carbocycles. The second-order valence-electron chi connectivity index (χ2n) is 22.3. The molecule has 9 nitrogen and oxygen atoms in total. The second kappa shape index (κ2) is 57.9. The largest absolute Gasteiger partial charge is 0.477 e. The zero-order chi connectivity index (χ0) is 55.5. The number of hydrogen-bond acceptors (Lipinski definition) is 7. The van der Waals surface area contributed by atoms with Gasteiger partial charge in [0.2, 0.25) is 0 Å². The van der Waals surface area contributed by atoms with Crippen LogP contribution in [0, 0.1) is 0 Å². The monoisotopic (exact) mass is 1070 g/mol. The van der Waals surface area contributed by atoms with E-state index in [9.17, 15) is 19.5 Å². The smallest absolute Gasteiger partial charge is 0.361 e. The first-order chi connectivity index (χ1) is 37.1. The summed E-state index contributed by atoms with van der Waals surface area (Å²) < 4.78 is 22.8. The zero-order valence-corrected chi connectivity index (χ0v) is 50.2. The van der Waals surface area contributed by atoms with Crippen molar-refractivity contribution in [3.05, 3.63) is 72.9 Å². The number of quaternary nitrogens is 1. The number of carbonyl (C=O) groups excluding carboxylic acids is 2. The first kappa shape index (κ1) is 72.7. The normalized spacial score (nSPS) is 13.2. The van der Waals surface area contributed by atoms with Crippen molar-refractivity contribution >= 4 is 17.9 Å². The number of likely N-dealkylation sites (N-methyl/N-ethyl adjacent to an activating group) is 1. The van der Waals surface area contributed by atoms with Gasteiger partial charge in [-0.05, 0) is 83.5 Å². The lowest BCUT2D eigenvalue weighted by Crippen LogP contribution is -2.40. The third-order valence-corrected chi connectivity index (χ3v) is 13.7. The predicted octanol–water partition coefficient (Wildman–Crippen LogP) is 19.0. The Bertz CT molecular complexity index is 1470. The van der Waals surface area contributed by atoms with Crippen molar-refractivity contribution in [3.63, 3.8) is 0 Å². The number of carbonyl (C=O) groups is 3. The summed E-state index contributed by atoms with van der Waals surface area (Å²) >= 11 is 0. The third-order valence-electron chi connectivity index (χ3n) is 13.7. The molecular weight excluding hydrogens is 947 g/mol. The summed E-state index contributed by atoms with van der Waals surface area (Å²) in [6, 6.07) is 0. The summed E-state index contributed by atoms with van der Waals surface area (Å²) in [6.07, 6.45) is 73.1. The van der Waals surface area contributed by atoms with Crippen LogP contribution in [0.3, 0.4) is 0 Å². The maximum absolute atomic E-state index is 12.9. The molecule has 0 saturated carbocycles. The molecule has 1 N–H and O–H groups in total. The van der Waals surface area contributed by atoms with Crippen molar-refractivity contribution in [1.29, 1.82) is 0 Å². The van der Waals surface area contributed by atoms with Gasteiger partial charge < -0.3 is 28.5 Å². The van der Waals surface area contributed by atoms with Gasteiger partial charge in [-0.3, -0.25) is 9.59 Å². The second-order valence-corrected chi connectivity index (χ2v) is 22.3. The van der Waals surface area contributed by atoms with Gasteiger partial charge in [-0.15, -0.1) is 0 Å². The van der Waals surface area contributed by atoms with Crippen molar-refractivity contribution in [1.82, 2.24) is 0 Å². The van der Waals surface area contributed by atoms with E-state index in [2.05, 4.69) is 86.8 Å². The van der Waals surface area contributed by atoms with Crippen LogP contribution in [0.25, 0.3) is 0 Å². The van der Waals surface area contributed by atoms with Crippen LogP contribution in [0.4, 0.5) is 0 Å². The number of hydrogen-bond donors (Lipinski definition) is 1. The number of esters is 2. The van der Waals surface area contributed by atoms with E-state index in [0.717, 1.165) is 89.9 Å². The van der Waals surface area contributed by atoms with Crippen molar-refractivity contribution in [2.24, 2.45) is 0 Å². The molecule has 440 valence electrons. The maximum atomic E-state index is 12.9. The Hall–Kier alpha value is -3.27. The SMILES string of the molecule is CC/C=C\C/C=C\C/C=C\C/C=C\C/C=C\CCCCCCCCCCCCCCCCCCCCCCCCCC(=O)OC(COC(=O)CCCCCCC/C=C\CCCCC)COC(OCC[N+](C)(C)C)C(=O)O. The number of ether oxygens (including phenoxy) is 4. The van der Waals surface area contributed by atoms with E-state index in [-0.39, 0.29) is 32.2 Å². The van der Waals surface area contributed by atoms with Gasteiger partial charge in [0.05, 0.1) is 34.4 Å². The number of unbranched alkanes of at least 4 members (excludes halogenated alkanes) is 31. The third kappa shape index (κ3) is 58.4. The fraction of sp³-hybridized carbons (Fsp3) is 0.776. The molecule has 0 aliphatic rings. The summed E-state index contributed by atoms with van der Waals surface area (Å²) in [5.41, 5.74) is 0. The Balaban J connectivity index is 3.95. The van der Waals surface area contributed by atoms with Crippen molar-refractivity contribution < 1.29 is 42.9 Å². The Morgan fingerprint density at radius 3 is 1.13 bits per heavy atom. The number of carboxylic acid groups (broad SMARTS) is 1. The molecular formula is C67H120NO8+. The van der Waals surface area contributed by atoms with Crippen LogP contribution in [0.2, 0.25) is 0 Å². The van der Waals surface area contributed by atoms with Crippen LogP contribution in [0.15, 0.2) is 72.9 Å². The lowest BCUT2D eigenvalue weighted by Gasteiger charge is -2.25. The van der Waals surface area contributed by atoms with Gasteiger partial charge in [-0.1, -0.05) is 254 Å². The number of carboxylic acids is 1. The van der Waals surface area contributed by atoms with Gasteiger partial charge in [0, 0.05) is 12.8 Å². The zero-order valence-electron chi connectivity index (χ0n) is 50.2. The summed E-state index contributed by atoms with van der Waals surface area (Å²) in [4.78, 5) is 37.3. The fourth-order valence-corrected chi connectivity index (χ4v) is 8.86. The summed E-state index contributed by atoms with van der Waals surface area (Å²) in [5.74, 6) is -2.01. The highest BCUT2D eigenvalue weighted by molar-refractivity contribution is 5.71. The van der Waals surface area contributed by atoms with Crippen LogP contribution in [0.1, 0.15) is 277 Å². The molecule has 0 aliphatic carbocycles. The highest BCUT2D eigenvalue weighted by Gasteiger charge is 2.25. The van der Waals surface area contributed by atoms with Gasteiger partial charge in [0.25, 0.3) is 6.29 Å². The average Bonchev–Trinajstić information content (AvgIpc) is 3.39. The quantitative estimate of drug-likeness (QED) is 0.0211. The van der Waals surface area contributed by atoms with Crippen LogP contribution < -0.4 is 0 Å². The van der Waals surface area contributed by atoms with E-state index >= 15 is 0 Å². The standard InChI is InChI=1S/C67H119NO8/c1-6-8-10-12-14-16-18-20-21-22-23-24-25-26-27-28-29-30-31-32-33-34-35-36-37-38-39-40-41-42-43-44-45-46-48-50-52-54-56-58-65(70)76-63(62-75-67(66(71)72)73-60-59-68(3,4)5)61-74-64(69)57-55-53-51-49-47-19-17-15-13-11-9-7-2/h8,10,14-17,20-21,23-24,26-27,63,67H,6-7,9,11-13,18-19,22,25,28-62H2,1-5H3/p+1/b10-8-,16-14-,17-15-,21-20-,24-23-,27-26-. The van der Waals surface area contributed by atoms with Crippen LogP contribution in [0.5, 0.6) is 0 Å². The molecule has 0 spiro atoms. The van der Waals surface area contributed by atoms with Gasteiger partial charge in [0.1, 0.15) is 13.2 Å². The minimum atomic E-state index is -1.51. The molecule has 0 aromatic rings. The number of aliphatic carboxylic acids is 1. The molecule has 0 amide bonds. The van der Waals surface area contributed by atoms with Crippen molar-refractivity contribution in [2.45, 2.75) is 289 Å². The molecule has 0 aliphatic heterocycles. The van der Waals surface area contributed by atoms with Crippen LogP contribution >= 0.6 is 0 Å². The van der Waals surface area contributed by atoms with E-state index in [1.165, 1.54) is 161 Å². The molecule has 2 atom stereocenters. The molecule has 2 unspecified atom stereocenters. The molecule has 0 rings (SSSR count). The van der Waals surface area contributed by atoms with Crippen molar-refractivity contribution in [2.75, 3.05) is 47.5 Å². The Morgan fingerprint density at radius 2 is 0.750 bits per heavy atom. The number of rotatable bonds is 58. The van der Waals surface area contributed by atoms with E-state index in [1.807, 2.05) is 21.1 Å². The lowest BCUT2D eigenvalue weighted by molar-refractivity contribution is -0.870. The molecule has 0 aromatic heterocycles. The van der Waals surface area contributed by atoms with Crippen LogP contribution in [-0.4, -0.2) is 87.4 Å². The molecule has 0 heterocycles. The van der Waals surface area contributed by atoms with E-state index in [0.29, 0.717) is 17.4 Å². The number of nitrogens with zero attached hydrogens (tertiary/aromatic N) is 1. The molecule has 0 radical (unpaired) electrons. The summed E-state index contributed by atoms with van der Waals surface area (Å²) in [5, 5.41) is 9.69. The van der Waals surface area contributed by atoms with E-state index in [1.54, 1.807) is 0 Å². The number of allylic oxidation sites excluding steroid dienone is 12. The minimum Gasteiger partial charge on any atom is -0.477 e. The lowest BCUT2D eigenvalue weighted by atomic mass is 10.0. The van der Waals surface area contributed by atoms with Gasteiger partial charge in [0.15, 0.2) is 6.10 Å². The molecule has 0 bridgehead atoms. The fourth-order valence-electron chi connectivity index (χ4n) is 8.86. The van der Waals surface area contributed by atoms with Gasteiger partial charge >= 0.3 is 17.9 Å². The van der Waals surface area contributed by atoms with Crippen LogP contribution in [-0.2, 0) is 33.3 Å². The van der Waals surface area contributed by atoms with Gasteiger partial charge in [-0.25, -0.2) is 4.79 Å². The highest BCUT2D eigenvalue weighted by atomic mass is 16.7. The topological polar surface area (TPSA) is 108 Å². The predicted molar refractivity (Wildman–Crippen MR) is 323 cm³/mol. The Kier molecular flexibility index (Phi) is 55.4. The maximum Gasteiger partial charge on any atom is 0.361 e. The Labute approximate surface area is 468 Å². The first-order valence-electron chi connectivity index (χ1n) is 31.6. The van der Waals surface area contributed by atoms with E-state index in [4.69, 9.17) is 18.9 Å². The minimum absolute atomic E-state index is 0.184. The van der Waals surface area contributed by atoms with E-state index < -0.39 is 24.3 Å². The molecule has 76 heavy (non-hydrogen) atoms. The Morgan fingerprint density at radius 1 is 0.408 bits per heavy atom. The molecule has 0 fully saturated rings. The summed E-state index contributed by atoms with van der Waals surface area (Å²) in [7, 11) is 5.97. The highest BCUT2D eigenvalue weighted by Crippen LogP contribution is 2.17. The molecule has 9 heteroatoms. The first-order valence-corrected chi connectivity index (χ1v) is 31.6.